The Morgan fingerprint density at radius 2 is 2.16 bits per heavy atom. The lowest BCUT2D eigenvalue weighted by Gasteiger charge is -2.12. The van der Waals surface area contributed by atoms with Crippen LogP contribution in [0.25, 0.3) is 5.65 Å². The molecule has 2 N–H and O–H groups in total. The van der Waals surface area contributed by atoms with Crippen LogP contribution in [-0.2, 0) is 13.0 Å². The Balaban J connectivity index is 1.78. The minimum absolute atomic E-state index is 0.00236. The highest BCUT2D eigenvalue weighted by Crippen LogP contribution is 2.20. The third-order valence-corrected chi connectivity index (χ3v) is 4.85. The molecule has 0 aliphatic carbocycles. The average Bonchev–Trinajstić information content (AvgIpc) is 3.24. The van der Waals surface area contributed by atoms with Crippen molar-refractivity contribution in [1.82, 2.24) is 24.9 Å². The molecule has 3 aromatic rings. The van der Waals surface area contributed by atoms with Crippen molar-refractivity contribution in [2.75, 3.05) is 0 Å². The molecule has 0 spiro atoms. The summed E-state index contributed by atoms with van der Waals surface area (Å²) >= 11 is 1.54. The number of rotatable bonds is 6. The van der Waals surface area contributed by atoms with Gasteiger partial charge in [-0.25, -0.2) is 4.98 Å². The second kappa shape index (κ2) is 7.28. The zero-order chi connectivity index (χ0) is 18.0. The minimum atomic E-state index is -0.740. The van der Waals surface area contributed by atoms with E-state index in [1.165, 1.54) is 0 Å². The van der Waals surface area contributed by atoms with E-state index >= 15 is 0 Å². The summed E-state index contributed by atoms with van der Waals surface area (Å²) in [6.07, 6.45) is 1.80. The van der Waals surface area contributed by atoms with Crippen LogP contribution in [0, 0.1) is 5.92 Å². The van der Waals surface area contributed by atoms with Crippen molar-refractivity contribution in [2.24, 2.45) is 5.92 Å². The van der Waals surface area contributed by atoms with Crippen LogP contribution in [0.4, 0.5) is 0 Å². The molecule has 7 nitrogen and oxygen atoms in total. The maximum absolute atomic E-state index is 12.4. The zero-order valence-electron chi connectivity index (χ0n) is 14.4. The molecular formula is C17H21N5O2S. The van der Waals surface area contributed by atoms with E-state index in [1.807, 2.05) is 19.2 Å². The van der Waals surface area contributed by atoms with E-state index < -0.39 is 6.10 Å². The van der Waals surface area contributed by atoms with Crippen LogP contribution in [0.15, 0.2) is 23.7 Å². The van der Waals surface area contributed by atoms with Crippen LogP contribution in [0.1, 0.15) is 53.8 Å². The molecule has 0 radical (unpaired) electrons. The van der Waals surface area contributed by atoms with E-state index in [9.17, 15) is 9.90 Å². The SMILES string of the molecule is CCc1csc(CNC(=O)c2ccc3nnc(C(O)C(C)C)n3c2)n1. The molecule has 0 fully saturated rings. The summed E-state index contributed by atoms with van der Waals surface area (Å²) in [5, 5.41) is 24.1. The number of fused-ring (bicyclic) bond motifs is 1. The predicted molar refractivity (Wildman–Crippen MR) is 95.4 cm³/mol. The highest BCUT2D eigenvalue weighted by atomic mass is 32.1. The monoisotopic (exact) mass is 359 g/mol. The normalized spacial score (nSPS) is 12.7. The first-order valence-corrected chi connectivity index (χ1v) is 9.11. The Labute approximate surface area is 149 Å². The van der Waals surface area contributed by atoms with Gasteiger partial charge in [0.1, 0.15) is 11.1 Å². The molecule has 3 heterocycles. The van der Waals surface area contributed by atoms with Crippen molar-refractivity contribution >= 4 is 22.9 Å². The fourth-order valence-electron chi connectivity index (χ4n) is 2.39. The standard InChI is InChI=1S/C17H21N5O2S/c1-4-12-9-25-14(19-12)7-18-17(24)11-5-6-13-20-21-16(22(13)8-11)15(23)10(2)3/h5-6,8-10,15,23H,4,7H2,1-3H3,(H,18,24). The first kappa shape index (κ1) is 17.5. The third kappa shape index (κ3) is 3.69. The Bertz CT molecular complexity index is 886. The van der Waals surface area contributed by atoms with Gasteiger partial charge in [0, 0.05) is 11.6 Å². The number of thiazole rings is 1. The Morgan fingerprint density at radius 1 is 1.36 bits per heavy atom. The molecule has 1 unspecified atom stereocenters. The second-order valence-corrected chi connectivity index (χ2v) is 7.10. The van der Waals surface area contributed by atoms with E-state index in [0.717, 1.165) is 17.1 Å². The summed E-state index contributed by atoms with van der Waals surface area (Å²) in [5.41, 5.74) is 2.11. The van der Waals surface area contributed by atoms with Crippen molar-refractivity contribution in [3.8, 4) is 0 Å². The number of pyridine rings is 1. The number of carbonyl (C=O) groups excluding carboxylic acids is 1. The lowest BCUT2D eigenvalue weighted by molar-refractivity contribution is 0.0949. The smallest absolute Gasteiger partial charge is 0.253 e. The molecule has 8 heteroatoms. The van der Waals surface area contributed by atoms with Crippen LogP contribution in [0.2, 0.25) is 0 Å². The van der Waals surface area contributed by atoms with Gasteiger partial charge in [0.15, 0.2) is 11.5 Å². The molecule has 0 saturated carbocycles. The molecule has 0 aliphatic rings. The van der Waals surface area contributed by atoms with Crippen molar-refractivity contribution in [3.05, 3.63) is 45.8 Å². The van der Waals surface area contributed by atoms with Crippen LogP contribution < -0.4 is 5.32 Å². The van der Waals surface area contributed by atoms with E-state index in [1.54, 1.807) is 34.1 Å². The molecule has 0 aliphatic heterocycles. The van der Waals surface area contributed by atoms with Crippen LogP contribution >= 0.6 is 11.3 Å². The first-order valence-electron chi connectivity index (χ1n) is 8.23. The van der Waals surface area contributed by atoms with E-state index in [4.69, 9.17) is 0 Å². The van der Waals surface area contributed by atoms with Gasteiger partial charge in [0.05, 0.1) is 17.8 Å². The quantitative estimate of drug-likeness (QED) is 0.705. The number of aryl methyl sites for hydroxylation is 1. The van der Waals surface area contributed by atoms with Gasteiger partial charge in [-0.2, -0.15) is 0 Å². The second-order valence-electron chi connectivity index (χ2n) is 6.16. The van der Waals surface area contributed by atoms with Gasteiger partial charge in [0.2, 0.25) is 0 Å². The number of aromatic nitrogens is 4. The lowest BCUT2D eigenvalue weighted by Crippen LogP contribution is -2.23. The summed E-state index contributed by atoms with van der Waals surface area (Å²) < 4.78 is 1.66. The summed E-state index contributed by atoms with van der Waals surface area (Å²) in [5.74, 6) is 0.239. The molecule has 132 valence electrons. The molecule has 3 aromatic heterocycles. The number of hydrogen-bond acceptors (Lipinski definition) is 6. The molecule has 1 amide bonds. The molecular weight excluding hydrogens is 338 g/mol. The van der Waals surface area contributed by atoms with Crippen molar-refractivity contribution in [1.29, 1.82) is 0 Å². The van der Waals surface area contributed by atoms with Crippen LogP contribution in [-0.4, -0.2) is 30.6 Å². The van der Waals surface area contributed by atoms with E-state index in [2.05, 4.69) is 27.4 Å². The highest BCUT2D eigenvalue weighted by Gasteiger charge is 2.19. The molecule has 3 rings (SSSR count). The fourth-order valence-corrected chi connectivity index (χ4v) is 3.21. The summed E-state index contributed by atoms with van der Waals surface area (Å²) in [7, 11) is 0. The van der Waals surface area contributed by atoms with Gasteiger partial charge in [-0.05, 0) is 24.5 Å². The van der Waals surface area contributed by atoms with E-state index in [-0.39, 0.29) is 11.8 Å². The van der Waals surface area contributed by atoms with Gasteiger partial charge in [0.25, 0.3) is 5.91 Å². The number of aliphatic hydroxyl groups excluding tert-OH is 1. The average molecular weight is 359 g/mol. The van der Waals surface area contributed by atoms with Crippen LogP contribution in [0.3, 0.4) is 0 Å². The Morgan fingerprint density at radius 3 is 2.84 bits per heavy atom. The first-order chi connectivity index (χ1) is 12.0. The predicted octanol–water partition coefficient (Wildman–Crippen LogP) is 2.37. The number of aliphatic hydroxyl groups is 1. The minimum Gasteiger partial charge on any atom is -0.385 e. The van der Waals surface area contributed by atoms with Crippen molar-refractivity contribution < 1.29 is 9.90 Å². The zero-order valence-corrected chi connectivity index (χ0v) is 15.2. The van der Waals surface area contributed by atoms with Crippen molar-refractivity contribution in [2.45, 2.75) is 39.8 Å². The lowest BCUT2D eigenvalue weighted by atomic mass is 10.1. The molecule has 0 saturated heterocycles. The van der Waals surface area contributed by atoms with Gasteiger partial charge < -0.3 is 10.4 Å². The van der Waals surface area contributed by atoms with Gasteiger partial charge in [-0.15, -0.1) is 21.5 Å². The highest BCUT2D eigenvalue weighted by molar-refractivity contribution is 7.09. The number of nitrogens with one attached hydrogen (secondary N) is 1. The number of hydrogen-bond donors (Lipinski definition) is 2. The summed E-state index contributed by atoms with van der Waals surface area (Å²) in [6.45, 7) is 6.25. The molecule has 25 heavy (non-hydrogen) atoms. The summed E-state index contributed by atoms with van der Waals surface area (Å²) in [4.78, 5) is 16.9. The number of amides is 1. The number of carbonyl (C=O) groups is 1. The molecule has 0 bridgehead atoms. The maximum atomic E-state index is 12.4. The largest absolute Gasteiger partial charge is 0.385 e. The fraction of sp³-hybridized carbons (Fsp3) is 0.412. The van der Waals surface area contributed by atoms with E-state index in [0.29, 0.717) is 23.6 Å². The topological polar surface area (TPSA) is 92.4 Å². The van der Waals surface area contributed by atoms with Gasteiger partial charge in [-0.1, -0.05) is 20.8 Å². The van der Waals surface area contributed by atoms with Gasteiger partial charge >= 0.3 is 0 Å². The van der Waals surface area contributed by atoms with Crippen LogP contribution in [0.5, 0.6) is 0 Å². The third-order valence-electron chi connectivity index (χ3n) is 3.95. The Kier molecular flexibility index (Phi) is 5.10. The molecule has 0 aromatic carbocycles. The number of nitrogens with zero attached hydrogens (tertiary/aromatic N) is 4. The molecule has 1 atom stereocenters. The van der Waals surface area contributed by atoms with Gasteiger partial charge in [-0.3, -0.25) is 9.20 Å². The Hall–Kier alpha value is -2.32. The van der Waals surface area contributed by atoms with Crippen molar-refractivity contribution in [3.63, 3.8) is 0 Å². The maximum Gasteiger partial charge on any atom is 0.253 e. The summed E-state index contributed by atoms with van der Waals surface area (Å²) in [6, 6.07) is 3.42.